The van der Waals surface area contributed by atoms with E-state index in [1.807, 2.05) is 43.3 Å². The van der Waals surface area contributed by atoms with Gasteiger partial charge in [0.25, 0.3) is 0 Å². The number of aliphatic hydroxyl groups is 1. The maximum absolute atomic E-state index is 10.6. The largest absolute Gasteiger partial charge is 0.497 e. The summed E-state index contributed by atoms with van der Waals surface area (Å²) in [5, 5.41) is 10.6. The molecule has 94 valence electrons. The highest BCUT2D eigenvalue weighted by Gasteiger charge is 2.23. The Labute approximate surface area is 107 Å². The van der Waals surface area contributed by atoms with E-state index in [1.54, 1.807) is 19.5 Å². The van der Waals surface area contributed by atoms with Gasteiger partial charge in [0.2, 0.25) is 0 Å². The molecule has 0 spiro atoms. The third-order valence-electron chi connectivity index (χ3n) is 2.99. The van der Waals surface area contributed by atoms with Gasteiger partial charge in [-0.05, 0) is 42.3 Å². The number of hydrogen-bond donors (Lipinski definition) is 1. The minimum Gasteiger partial charge on any atom is -0.497 e. The molecule has 18 heavy (non-hydrogen) atoms. The molecular weight excluding hydrogens is 226 g/mol. The molecule has 1 heterocycles. The van der Waals surface area contributed by atoms with Gasteiger partial charge < -0.3 is 9.84 Å². The Morgan fingerprint density at radius 1 is 1.22 bits per heavy atom. The van der Waals surface area contributed by atoms with Crippen LogP contribution in [0.15, 0.2) is 48.8 Å². The molecule has 0 amide bonds. The molecule has 0 bridgehead atoms. The van der Waals surface area contributed by atoms with Gasteiger partial charge in [-0.25, -0.2) is 0 Å². The smallest absolute Gasteiger partial charge is 0.119 e. The number of rotatable bonds is 4. The third-order valence-corrected chi connectivity index (χ3v) is 2.99. The lowest BCUT2D eigenvalue weighted by Gasteiger charge is -2.24. The Morgan fingerprint density at radius 3 is 2.61 bits per heavy atom. The lowest BCUT2D eigenvalue weighted by molar-refractivity contribution is 0.0574. The third kappa shape index (κ3) is 2.87. The van der Waals surface area contributed by atoms with Gasteiger partial charge in [0, 0.05) is 18.8 Å². The van der Waals surface area contributed by atoms with E-state index < -0.39 is 5.60 Å². The zero-order valence-corrected chi connectivity index (χ0v) is 10.6. The van der Waals surface area contributed by atoms with Crippen molar-refractivity contribution < 1.29 is 9.84 Å². The van der Waals surface area contributed by atoms with E-state index in [4.69, 9.17) is 4.74 Å². The molecule has 0 saturated carbocycles. The van der Waals surface area contributed by atoms with Crippen molar-refractivity contribution in [3.63, 3.8) is 0 Å². The second-order valence-electron chi connectivity index (χ2n) is 4.54. The number of hydrogen-bond acceptors (Lipinski definition) is 3. The predicted molar refractivity (Wildman–Crippen MR) is 70.5 cm³/mol. The van der Waals surface area contributed by atoms with Crippen molar-refractivity contribution in [1.82, 2.24) is 4.98 Å². The molecule has 0 fully saturated rings. The maximum atomic E-state index is 10.6. The molecule has 1 N–H and O–H groups in total. The summed E-state index contributed by atoms with van der Waals surface area (Å²) < 4.78 is 5.18. The standard InChI is InChI=1S/C15H17NO2/c1-15(17,11-12-6-8-16-9-7-12)13-4-3-5-14(10-13)18-2/h3-10,17H,11H2,1-2H3. The van der Waals surface area contributed by atoms with Gasteiger partial charge >= 0.3 is 0 Å². The summed E-state index contributed by atoms with van der Waals surface area (Å²) in [6.07, 6.45) is 4.01. The van der Waals surface area contributed by atoms with E-state index in [0.717, 1.165) is 16.9 Å². The molecule has 0 saturated heterocycles. The summed E-state index contributed by atoms with van der Waals surface area (Å²) >= 11 is 0. The Kier molecular flexibility index (Phi) is 3.63. The van der Waals surface area contributed by atoms with Crippen LogP contribution in [0, 0.1) is 0 Å². The highest BCUT2D eigenvalue weighted by atomic mass is 16.5. The maximum Gasteiger partial charge on any atom is 0.119 e. The van der Waals surface area contributed by atoms with Crippen molar-refractivity contribution in [3.8, 4) is 5.75 Å². The van der Waals surface area contributed by atoms with E-state index in [0.29, 0.717) is 6.42 Å². The molecule has 0 aliphatic carbocycles. The van der Waals surface area contributed by atoms with E-state index >= 15 is 0 Å². The summed E-state index contributed by atoms with van der Waals surface area (Å²) in [6.45, 7) is 1.81. The quantitative estimate of drug-likeness (QED) is 0.897. The van der Waals surface area contributed by atoms with Crippen LogP contribution in [0.25, 0.3) is 0 Å². The van der Waals surface area contributed by atoms with Gasteiger partial charge in [-0.3, -0.25) is 4.98 Å². The van der Waals surface area contributed by atoms with E-state index in [-0.39, 0.29) is 0 Å². The molecule has 1 unspecified atom stereocenters. The summed E-state index contributed by atoms with van der Waals surface area (Å²) in [5.74, 6) is 0.752. The SMILES string of the molecule is COc1cccc(C(C)(O)Cc2ccncc2)c1. The van der Waals surface area contributed by atoms with E-state index in [2.05, 4.69) is 4.98 Å². The molecule has 1 atom stereocenters. The molecule has 0 aliphatic heterocycles. The monoisotopic (exact) mass is 243 g/mol. The Morgan fingerprint density at radius 2 is 1.94 bits per heavy atom. The number of benzene rings is 1. The summed E-state index contributed by atoms with van der Waals surface area (Å²) in [5.41, 5.74) is 0.979. The molecule has 0 radical (unpaired) electrons. The van der Waals surface area contributed by atoms with Gasteiger partial charge in [-0.1, -0.05) is 12.1 Å². The van der Waals surface area contributed by atoms with Crippen LogP contribution in [0.5, 0.6) is 5.75 Å². The van der Waals surface area contributed by atoms with Gasteiger partial charge in [-0.2, -0.15) is 0 Å². The minimum absolute atomic E-state index is 0.544. The first-order valence-corrected chi connectivity index (χ1v) is 5.87. The van der Waals surface area contributed by atoms with Crippen LogP contribution in [0.3, 0.4) is 0 Å². The number of methoxy groups -OCH3 is 1. The highest BCUT2D eigenvalue weighted by molar-refractivity contribution is 5.33. The highest BCUT2D eigenvalue weighted by Crippen LogP contribution is 2.27. The van der Waals surface area contributed by atoms with Crippen molar-refractivity contribution in [1.29, 1.82) is 0 Å². The van der Waals surface area contributed by atoms with E-state index in [9.17, 15) is 5.11 Å². The van der Waals surface area contributed by atoms with Crippen molar-refractivity contribution in [2.24, 2.45) is 0 Å². The van der Waals surface area contributed by atoms with Crippen molar-refractivity contribution in [2.45, 2.75) is 18.9 Å². The lowest BCUT2D eigenvalue weighted by Crippen LogP contribution is -2.24. The topological polar surface area (TPSA) is 42.4 Å². The van der Waals surface area contributed by atoms with Crippen molar-refractivity contribution in [3.05, 3.63) is 59.9 Å². The first-order valence-electron chi connectivity index (χ1n) is 5.87. The van der Waals surface area contributed by atoms with Crippen LogP contribution in [0.1, 0.15) is 18.1 Å². The van der Waals surface area contributed by atoms with Crippen LogP contribution in [0.4, 0.5) is 0 Å². The van der Waals surface area contributed by atoms with E-state index in [1.165, 1.54) is 0 Å². The van der Waals surface area contributed by atoms with Gasteiger partial charge in [0.05, 0.1) is 12.7 Å². The molecule has 1 aromatic carbocycles. The minimum atomic E-state index is -0.921. The normalized spacial score (nSPS) is 13.9. The van der Waals surface area contributed by atoms with Gasteiger partial charge in [-0.15, -0.1) is 0 Å². The fraction of sp³-hybridized carbons (Fsp3) is 0.267. The van der Waals surface area contributed by atoms with Crippen LogP contribution in [0.2, 0.25) is 0 Å². The van der Waals surface area contributed by atoms with Crippen LogP contribution in [-0.4, -0.2) is 17.2 Å². The van der Waals surface area contributed by atoms with Crippen LogP contribution >= 0.6 is 0 Å². The number of pyridine rings is 1. The molecule has 2 aromatic rings. The molecule has 3 heteroatoms. The van der Waals surface area contributed by atoms with Crippen molar-refractivity contribution in [2.75, 3.05) is 7.11 Å². The first-order chi connectivity index (χ1) is 8.62. The zero-order chi connectivity index (χ0) is 13.0. The summed E-state index contributed by atoms with van der Waals surface area (Å²) in [6, 6.07) is 11.3. The predicted octanol–water partition coefficient (Wildman–Crippen LogP) is 2.54. The molecule has 3 nitrogen and oxygen atoms in total. The van der Waals surface area contributed by atoms with Crippen molar-refractivity contribution >= 4 is 0 Å². The molecule has 1 aromatic heterocycles. The molecular formula is C15H17NO2. The Balaban J connectivity index is 2.24. The lowest BCUT2D eigenvalue weighted by atomic mass is 9.89. The molecule has 0 aliphatic rings. The molecule has 2 rings (SSSR count). The number of ether oxygens (including phenoxy) is 1. The fourth-order valence-corrected chi connectivity index (χ4v) is 1.96. The fourth-order valence-electron chi connectivity index (χ4n) is 1.96. The van der Waals surface area contributed by atoms with Gasteiger partial charge in [0.15, 0.2) is 0 Å². The second-order valence-corrected chi connectivity index (χ2v) is 4.54. The average Bonchev–Trinajstić information content (AvgIpc) is 2.39. The Bertz CT molecular complexity index is 509. The summed E-state index contributed by atoms with van der Waals surface area (Å²) in [7, 11) is 1.62. The first kappa shape index (κ1) is 12.6. The van der Waals surface area contributed by atoms with Crippen LogP contribution in [-0.2, 0) is 12.0 Å². The van der Waals surface area contributed by atoms with Crippen LogP contribution < -0.4 is 4.74 Å². The Hall–Kier alpha value is -1.87. The number of aromatic nitrogens is 1. The average molecular weight is 243 g/mol. The zero-order valence-electron chi connectivity index (χ0n) is 10.6. The second kappa shape index (κ2) is 5.19. The van der Waals surface area contributed by atoms with Gasteiger partial charge in [0.1, 0.15) is 5.75 Å². The summed E-state index contributed by atoms with van der Waals surface area (Å²) in [4.78, 5) is 3.97. The number of nitrogens with zero attached hydrogens (tertiary/aromatic N) is 1.